The van der Waals surface area contributed by atoms with Crippen molar-refractivity contribution in [3.8, 4) is 0 Å². The van der Waals surface area contributed by atoms with E-state index in [9.17, 15) is 14.0 Å². The zero-order chi connectivity index (χ0) is 17.2. The number of amides is 2. The standard InChI is InChI=1S/C17H23FN2O3/c1-17(2,3)23-16(22)20-8-4-5-11(10-20)13-7-6-12(18)9-14(13)15(19)21/h6-7,9,11H,4-5,8,10H2,1-3H3,(H2,19,21). The number of benzene rings is 1. The summed E-state index contributed by atoms with van der Waals surface area (Å²) < 4.78 is 18.8. The Bertz CT molecular complexity index is 610. The summed E-state index contributed by atoms with van der Waals surface area (Å²) in [6.45, 7) is 6.49. The molecule has 23 heavy (non-hydrogen) atoms. The number of hydrogen-bond donors (Lipinski definition) is 1. The summed E-state index contributed by atoms with van der Waals surface area (Å²) >= 11 is 0. The summed E-state index contributed by atoms with van der Waals surface area (Å²) in [4.78, 5) is 25.4. The van der Waals surface area contributed by atoms with Crippen LogP contribution in [-0.2, 0) is 4.74 Å². The van der Waals surface area contributed by atoms with E-state index in [1.165, 1.54) is 6.07 Å². The molecule has 0 radical (unpaired) electrons. The molecule has 1 heterocycles. The van der Waals surface area contributed by atoms with Crippen LogP contribution in [-0.4, -0.2) is 35.6 Å². The number of nitrogens with two attached hydrogens (primary N) is 1. The molecule has 2 rings (SSSR count). The Hall–Kier alpha value is -2.11. The molecule has 2 amide bonds. The lowest BCUT2D eigenvalue weighted by atomic mass is 9.87. The van der Waals surface area contributed by atoms with E-state index in [1.54, 1.807) is 11.0 Å². The predicted octanol–water partition coefficient (Wildman–Crippen LogP) is 3.04. The minimum Gasteiger partial charge on any atom is -0.444 e. The molecule has 5 nitrogen and oxygen atoms in total. The van der Waals surface area contributed by atoms with Crippen molar-refractivity contribution in [1.29, 1.82) is 0 Å². The van der Waals surface area contributed by atoms with Crippen LogP contribution in [0.5, 0.6) is 0 Å². The topological polar surface area (TPSA) is 72.6 Å². The lowest BCUT2D eigenvalue weighted by molar-refractivity contribution is 0.0198. The van der Waals surface area contributed by atoms with Gasteiger partial charge in [-0.1, -0.05) is 6.07 Å². The number of likely N-dealkylation sites (tertiary alicyclic amines) is 1. The molecule has 126 valence electrons. The van der Waals surface area contributed by atoms with Gasteiger partial charge in [0.2, 0.25) is 5.91 Å². The fourth-order valence-electron chi connectivity index (χ4n) is 2.82. The van der Waals surface area contributed by atoms with Crippen molar-refractivity contribution in [3.63, 3.8) is 0 Å². The van der Waals surface area contributed by atoms with Gasteiger partial charge >= 0.3 is 6.09 Å². The second-order valence-corrected chi connectivity index (χ2v) is 6.86. The molecule has 0 bridgehead atoms. The molecule has 0 saturated carbocycles. The minimum atomic E-state index is -0.658. The molecular weight excluding hydrogens is 299 g/mol. The Morgan fingerprint density at radius 2 is 2.04 bits per heavy atom. The number of piperidine rings is 1. The first-order valence-corrected chi connectivity index (χ1v) is 7.74. The van der Waals surface area contributed by atoms with E-state index in [-0.39, 0.29) is 17.6 Å². The van der Waals surface area contributed by atoms with Crippen LogP contribution in [0.15, 0.2) is 18.2 Å². The Morgan fingerprint density at radius 1 is 1.35 bits per heavy atom. The summed E-state index contributed by atoms with van der Waals surface area (Å²) in [5.74, 6) is -1.21. The van der Waals surface area contributed by atoms with E-state index in [4.69, 9.17) is 10.5 Å². The first-order chi connectivity index (χ1) is 10.7. The highest BCUT2D eigenvalue weighted by Gasteiger charge is 2.30. The molecular formula is C17H23FN2O3. The highest BCUT2D eigenvalue weighted by atomic mass is 19.1. The number of nitrogens with zero attached hydrogens (tertiary/aromatic N) is 1. The van der Waals surface area contributed by atoms with Gasteiger partial charge in [-0.2, -0.15) is 0 Å². The molecule has 1 atom stereocenters. The van der Waals surface area contributed by atoms with Gasteiger partial charge in [-0.3, -0.25) is 4.79 Å². The van der Waals surface area contributed by atoms with Gasteiger partial charge in [0.25, 0.3) is 0 Å². The Morgan fingerprint density at radius 3 is 2.65 bits per heavy atom. The highest BCUT2D eigenvalue weighted by Crippen LogP contribution is 2.30. The molecule has 1 saturated heterocycles. The van der Waals surface area contributed by atoms with Crippen LogP contribution >= 0.6 is 0 Å². The maximum absolute atomic E-state index is 13.4. The van der Waals surface area contributed by atoms with Gasteiger partial charge in [-0.25, -0.2) is 9.18 Å². The quantitative estimate of drug-likeness (QED) is 0.909. The molecule has 1 aliphatic rings. The van der Waals surface area contributed by atoms with Crippen molar-refractivity contribution < 1.29 is 18.7 Å². The average Bonchev–Trinajstić information content (AvgIpc) is 2.45. The lowest BCUT2D eigenvalue weighted by Crippen LogP contribution is -2.42. The van der Waals surface area contributed by atoms with Gasteiger partial charge in [-0.05, 0) is 51.3 Å². The molecule has 6 heteroatoms. The summed E-state index contributed by atoms with van der Waals surface area (Å²) in [6, 6.07) is 4.05. The first kappa shape index (κ1) is 17.2. The molecule has 1 unspecified atom stereocenters. The van der Waals surface area contributed by atoms with Crippen molar-refractivity contribution in [3.05, 3.63) is 35.1 Å². The van der Waals surface area contributed by atoms with E-state index < -0.39 is 17.3 Å². The van der Waals surface area contributed by atoms with E-state index in [1.807, 2.05) is 20.8 Å². The summed E-state index contributed by atoms with van der Waals surface area (Å²) in [5.41, 5.74) is 5.67. The fraction of sp³-hybridized carbons (Fsp3) is 0.529. The second kappa shape index (κ2) is 6.56. The monoisotopic (exact) mass is 322 g/mol. The molecule has 2 N–H and O–H groups in total. The van der Waals surface area contributed by atoms with Crippen LogP contribution < -0.4 is 5.73 Å². The van der Waals surface area contributed by atoms with E-state index in [2.05, 4.69) is 0 Å². The van der Waals surface area contributed by atoms with E-state index in [0.717, 1.165) is 18.9 Å². The van der Waals surface area contributed by atoms with E-state index in [0.29, 0.717) is 18.7 Å². The average molecular weight is 322 g/mol. The Kier molecular flexibility index (Phi) is 4.92. The summed E-state index contributed by atoms with van der Waals surface area (Å²) in [6.07, 6.45) is 1.23. The van der Waals surface area contributed by atoms with Crippen LogP contribution in [0.2, 0.25) is 0 Å². The third-order valence-corrected chi connectivity index (χ3v) is 3.79. The number of ether oxygens (including phenoxy) is 1. The van der Waals surface area contributed by atoms with Gasteiger partial charge in [0.05, 0.1) is 0 Å². The van der Waals surface area contributed by atoms with Crippen molar-refractivity contribution >= 4 is 12.0 Å². The molecule has 0 aliphatic carbocycles. The van der Waals surface area contributed by atoms with Gasteiger partial charge < -0.3 is 15.4 Å². The van der Waals surface area contributed by atoms with E-state index >= 15 is 0 Å². The molecule has 1 aromatic rings. The van der Waals surface area contributed by atoms with Gasteiger partial charge in [0, 0.05) is 24.6 Å². The number of halogens is 1. The number of carbonyl (C=O) groups excluding carboxylic acids is 2. The normalized spacial score (nSPS) is 18.6. The molecule has 0 spiro atoms. The molecule has 1 aromatic carbocycles. The van der Waals surface area contributed by atoms with Crippen LogP contribution in [0, 0.1) is 5.82 Å². The lowest BCUT2D eigenvalue weighted by Gasteiger charge is -2.34. The second-order valence-electron chi connectivity index (χ2n) is 6.86. The van der Waals surface area contributed by atoms with Crippen molar-refractivity contribution in [2.24, 2.45) is 5.73 Å². The third-order valence-electron chi connectivity index (χ3n) is 3.79. The first-order valence-electron chi connectivity index (χ1n) is 7.74. The van der Waals surface area contributed by atoms with Crippen molar-refractivity contribution in [1.82, 2.24) is 4.90 Å². The fourth-order valence-corrected chi connectivity index (χ4v) is 2.82. The van der Waals surface area contributed by atoms with Crippen LogP contribution in [0.1, 0.15) is 55.5 Å². The maximum atomic E-state index is 13.4. The minimum absolute atomic E-state index is 0.0561. The molecule has 0 aromatic heterocycles. The van der Waals surface area contributed by atoms with Gasteiger partial charge in [0.1, 0.15) is 11.4 Å². The summed E-state index contributed by atoms with van der Waals surface area (Å²) in [7, 11) is 0. The number of primary amides is 1. The third kappa shape index (κ3) is 4.43. The molecule has 1 aliphatic heterocycles. The van der Waals surface area contributed by atoms with Crippen molar-refractivity contribution in [2.45, 2.75) is 45.1 Å². The maximum Gasteiger partial charge on any atom is 0.410 e. The van der Waals surface area contributed by atoms with Gasteiger partial charge in [0.15, 0.2) is 0 Å². The van der Waals surface area contributed by atoms with Crippen molar-refractivity contribution in [2.75, 3.05) is 13.1 Å². The van der Waals surface area contributed by atoms with Gasteiger partial charge in [-0.15, -0.1) is 0 Å². The SMILES string of the molecule is CC(C)(C)OC(=O)N1CCCC(c2ccc(F)cc2C(N)=O)C1. The zero-order valence-electron chi connectivity index (χ0n) is 13.8. The number of carbonyl (C=O) groups is 2. The number of hydrogen-bond acceptors (Lipinski definition) is 3. The van der Waals surface area contributed by atoms with Crippen LogP contribution in [0.4, 0.5) is 9.18 Å². The largest absolute Gasteiger partial charge is 0.444 e. The molecule has 1 fully saturated rings. The highest BCUT2D eigenvalue weighted by molar-refractivity contribution is 5.94. The Balaban J connectivity index is 2.19. The number of rotatable bonds is 2. The predicted molar refractivity (Wildman–Crippen MR) is 84.7 cm³/mol. The summed E-state index contributed by atoms with van der Waals surface area (Å²) in [5, 5.41) is 0. The zero-order valence-corrected chi connectivity index (χ0v) is 13.8. The Labute approximate surface area is 135 Å². The van der Waals surface area contributed by atoms with Crippen LogP contribution in [0.25, 0.3) is 0 Å². The smallest absolute Gasteiger partial charge is 0.410 e. The van der Waals surface area contributed by atoms with Crippen LogP contribution in [0.3, 0.4) is 0 Å².